The van der Waals surface area contributed by atoms with Gasteiger partial charge in [0.1, 0.15) is 5.60 Å². The van der Waals surface area contributed by atoms with Crippen molar-refractivity contribution in [3.63, 3.8) is 0 Å². The van der Waals surface area contributed by atoms with Gasteiger partial charge in [-0.05, 0) is 32.4 Å². The van der Waals surface area contributed by atoms with E-state index in [1.165, 1.54) is 17.3 Å². The van der Waals surface area contributed by atoms with Crippen LogP contribution >= 0.6 is 11.8 Å². The van der Waals surface area contributed by atoms with Crippen LogP contribution < -0.4 is 5.32 Å². The Bertz CT molecular complexity index is 438. The Balaban J connectivity index is 2.57. The van der Waals surface area contributed by atoms with Gasteiger partial charge in [0, 0.05) is 17.5 Å². The molecule has 0 aromatic heterocycles. The highest BCUT2D eigenvalue weighted by Gasteiger charge is 2.16. The minimum absolute atomic E-state index is 0.172. The molecule has 1 aromatic carbocycles. The first-order chi connectivity index (χ1) is 9.28. The minimum atomic E-state index is -0.420. The predicted molar refractivity (Wildman–Crippen MR) is 85.0 cm³/mol. The van der Waals surface area contributed by atoms with E-state index < -0.39 is 5.60 Å². The molecule has 0 heterocycles. The second-order valence-corrected chi connectivity index (χ2v) is 7.04. The molecule has 0 amide bonds. The number of esters is 1. The van der Waals surface area contributed by atoms with Crippen molar-refractivity contribution in [1.82, 2.24) is 5.32 Å². The Hall–Kier alpha value is -1.00. The van der Waals surface area contributed by atoms with E-state index in [1.54, 1.807) is 0 Å². The molecule has 0 aliphatic heterocycles. The molecule has 20 heavy (non-hydrogen) atoms. The molecule has 3 nitrogen and oxygen atoms in total. The lowest BCUT2D eigenvalue weighted by molar-refractivity contribution is -0.151. The summed E-state index contributed by atoms with van der Waals surface area (Å²) in [6.07, 6.45) is 0. The second kappa shape index (κ2) is 7.70. The first kappa shape index (κ1) is 17.1. The van der Waals surface area contributed by atoms with E-state index in [9.17, 15) is 4.79 Å². The summed E-state index contributed by atoms with van der Waals surface area (Å²) in [6, 6.07) is 8.60. The first-order valence-corrected chi connectivity index (χ1v) is 7.92. The van der Waals surface area contributed by atoms with Crippen LogP contribution in [-0.2, 0) is 16.1 Å². The molecular weight excluding hydrogens is 270 g/mol. The zero-order chi connectivity index (χ0) is 15.2. The van der Waals surface area contributed by atoms with Gasteiger partial charge in [-0.25, -0.2) is 0 Å². The van der Waals surface area contributed by atoms with Gasteiger partial charge in [-0.15, -0.1) is 11.8 Å². The maximum Gasteiger partial charge on any atom is 0.316 e. The molecule has 0 bridgehead atoms. The standard InChI is InChI=1S/C16H25NO2S/c1-12(2)17-10-13-8-6-7-9-14(13)20-11-15(18)19-16(3,4)5/h6-9,12,17H,10-11H2,1-5H3. The van der Waals surface area contributed by atoms with Crippen molar-refractivity contribution in [2.45, 2.75) is 57.7 Å². The number of hydrogen-bond acceptors (Lipinski definition) is 4. The average Bonchev–Trinajstić information content (AvgIpc) is 2.32. The van der Waals surface area contributed by atoms with Crippen molar-refractivity contribution in [1.29, 1.82) is 0 Å². The van der Waals surface area contributed by atoms with Crippen LogP contribution in [0.15, 0.2) is 29.2 Å². The number of benzene rings is 1. The van der Waals surface area contributed by atoms with E-state index in [4.69, 9.17) is 4.74 Å². The van der Waals surface area contributed by atoms with Crippen LogP contribution in [-0.4, -0.2) is 23.4 Å². The van der Waals surface area contributed by atoms with E-state index in [0.717, 1.165) is 11.4 Å². The van der Waals surface area contributed by atoms with Crippen molar-refractivity contribution in [2.75, 3.05) is 5.75 Å². The highest BCUT2D eigenvalue weighted by Crippen LogP contribution is 2.23. The smallest absolute Gasteiger partial charge is 0.316 e. The van der Waals surface area contributed by atoms with Gasteiger partial charge in [-0.3, -0.25) is 4.79 Å². The summed E-state index contributed by atoms with van der Waals surface area (Å²) in [5.74, 6) is 0.171. The highest BCUT2D eigenvalue weighted by atomic mass is 32.2. The summed E-state index contributed by atoms with van der Waals surface area (Å²) in [4.78, 5) is 12.9. The maximum atomic E-state index is 11.8. The maximum absolute atomic E-state index is 11.8. The summed E-state index contributed by atoms with van der Waals surface area (Å²) < 4.78 is 5.32. The molecule has 1 rings (SSSR count). The molecule has 0 unspecified atom stereocenters. The SMILES string of the molecule is CC(C)NCc1ccccc1SCC(=O)OC(C)(C)C. The monoisotopic (exact) mass is 295 g/mol. The molecule has 0 fully saturated rings. The number of hydrogen-bond donors (Lipinski definition) is 1. The Morgan fingerprint density at radius 3 is 2.55 bits per heavy atom. The third kappa shape index (κ3) is 6.96. The quantitative estimate of drug-likeness (QED) is 0.642. The Kier molecular flexibility index (Phi) is 6.56. The Morgan fingerprint density at radius 1 is 1.30 bits per heavy atom. The van der Waals surface area contributed by atoms with Gasteiger partial charge >= 0.3 is 5.97 Å². The van der Waals surface area contributed by atoms with Gasteiger partial charge in [0.25, 0.3) is 0 Å². The van der Waals surface area contributed by atoms with Crippen molar-refractivity contribution < 1.29 is 9.53 Å². The lowest BCUT2D eigenvalue weighted by Crippen LogP contribution is -2.25. The fraction of sp³-hybridized carbons (Fsp3) is 0.562. The zero-order valence-corrected chi connectivity index (χ0v) is 13.8. The van der Waals surface area contributed by atoms with Crippen LogP contribution in [0, 0.1) is 0 Å². The van der Waals surface area contributed by atoms with Crippen LogP contribution in [0.3, 0.4) is 0 Å². The van der Waals surface area contributed by atoms with Gasteiger partial charge < -0.3 is 10.1 Å². The molecule has 0 spiro atoms. The summed E-state index contributed by atoms with van der Waals surface area (Å²) in [5, 5.41) is 3.40. The number of nitrogens with one attached hydrogen (secondary N) is 1. The van der Waals surface area contributed by atoms with Crippen molar-refractivity contribution in [3.8, 4) is 0 Å². The average molecular weight is 295 g/mol. The van der Waals surface area contributed by atoms with Crippen molar-refractivity contribution in [2.24, 2.45) is 0 Å². The molecule has 4 heteroatoms. The molecule has 1 aromatic rings. The highest BCUT2D eigenvalue weighted by molar-refractivity contribution is 8.00. The fourth-order valence-corrected chi connectivity index (χ4v) is 2.45. The molecular formula is C16H25NO2S. The molecule has 0 aliphatic rings. The first-order valence-electron chi connectivity index (χ1n) is 6.94. The zero-order valence-electron chi connectivity index (χ0n) is 13.0. The van der Waals surface area contributed by atoms with Crippen LogP contribution in [0.25, 0.3) is 0 Å². The van der Waals surface area contributed by atoms with E-state index >= 15 is 0 Å². The molecule has 0 aliphatic carbocycles. The number of ether oxygens (including phenoxy) is 1. The Labute approximate surface area is 126 Å². The lowest BCUT2D eigenvalue weighted by atomic mass is 10.2. The van der Waals surface area contributed by atoms with E-state index in [-0.39, 0.29) is 5.97 Å². The second-order valence-electron chi connectivity index (χ2n) is 6.02. The Morgan fingerprint density at radius 2 is 1.95 bits per heavy atom. The molecule has 112 valence electrons. The van der Waals surface area contributed by atoms with Gasteiger partial charge in [-0.2, -0.15) is 0 Å². The van der Waals surface area contributed by atoms with Crippen LogP contribution in [0.4, 0.5) is 0 Å². The van der Waals surface area contributed by atoms with Crippen LogP contribution in [0.2, 0.25) is 0 Å². The fourth-order valence-electron chi connectivity index (χ4n) is 1.61. The topological polar surface area (TPSA) is 38.3 Å². The molecule has 1 N–H and O–H groups in total. The van der Waals surface area contributed by atoms with Gasteiger partial charge in [0.2, 0.25) is 0 Å². The lowest BCUT2D eigenvalue weighted by Gasteiger charge is -2.19. The van der Waals surface area contributed by atoms with Gasteiger partial charge in [-0.1, -0.05) is 32.0 Å². The predicted octanol–water partition coefficient (Wildman–Crippen LogP) is 3.62. The third-order valence-electron chi connectivity index (χ3n) is 2.44. The number of rotatable bonds is 6. The van der Waals surface area contributed by atoms with Gasteiger partial charge in [0.15, 0.2) is 0 Å². The molecule has 0 atom stereocenters. The van der Waals surface area contributed by atoms with E-state index in [2.05, 4.69) is 25.2 Å². The number of carbonyl (C=O) groups excluding carboxylic acids is 1. The van der Waals surface area contributed by atoms with E-state index in [0.29, 0.717) is 11.8 Å². The molecule has 0 saturated heterocycles. The molecule has 0 saturated carbocycles. The summed E-state index contributed by atoms with van der Waals surface area (Å²) in [6.45, 7) is 10.7. The van der Waals surface area contributed by atoms with Crippen molar-refractivity contribution in [3.05, 3.63) is 29.8 Å². The summed E-state index contributed by atoms with van der Waals surface area (Å²) in [7, 11) is 0. The summed E-state index contributed by atoms with van der Waals surface area (Å²) in [5.41, 5.74) is 0.797. The van der Waals surface area contributed by atoms with Crippen LogP contribution in [0.1, 0.15) is 40.2 Å². The van der Waals surface area contributed by atoms with E-state index in [1.807, 2.05) is 39.0 Å². The molecule has 0 radical (unpaired) electrons. The van der Waals surface area contributed by atoms with Crippen LogP contribution in [0.5, 0.6) is 0 Å². The van der Waals surface area contributed by atoms with Crippen molar-refractivity contribution >= 4 is 17.7 Å². The third-order valence-corrected chi connectivity index (χ3v) is 3.53. The normalized spacial score (nSPS) is 11.7. The van der Waals surface area contributed by atoms with Gasteiger partial charge in [0.05, 0.1) is 5.75 Å². The minimum Gasteiger partial charge on any atom is -0.459 e. The summed E-state index contributed by atoms with van der Waals surface area (Å²) >= 11 is 1.53. The number of thioether (sulfide) groups is 1. The largest absolute Gasteiger partial charge is 0.459 e. The number of carbonyl (C=O) groups is 1.